The second-order valence-corrected chi connectivity index (χ2v) is 6.87. The van der Waals surface area contributed by atoms with Crippen molar-refractivity contribution < 1.29 is 5.11 Å². The van der Waals surface area contributed by atoms with E-state index in [0.717, 1.165) is 38.9 Å². The van der Waals surface area contributed by atoms with Crippen molar-refractivity contribution in [1.29, 1.82) is 0 Å². The largest absolute Gasteiger partial charge is 0.386 e. The van der Waals surface area contributed by atoms with Crippen LogP contribution in [0, 0.1) is 0 Å². The van der Waals surface area contributed by atoms with Gasteiger partial charge in [-0.25, -0.2) is 14.6 Å². The van der Waals surface area contributed by atoms with Crippen molar-refractivity contribution in [1.82, 2.24) is 25.0 Å². The van der Waals surface area contributed by atoms with E-state index in [1.54, 1.807) is 24.9 Å². The van der Waals surface area contributed by atoms with E-state index in [4.69, 9.17) is 0 Å². The number of aromatic nitrogens is 5. The van der Waals surface area contributed by atoms with E-state index < -0.39 is 5.60 Å². The molecular weight excluding hydrogens is 328 g/mol. The molecule has 26 heavy (non-hydrogen) atoms. The molecule has 0 aliphatic rings. The summed E-state index contributed by atoms with van der Waals surface area (Å²) in [6.07, 6.45) is 1.55. The molecule has 2 N–H and O–H groups in total. The number of fused-ring (bicyclic) bond motifs is 3. The van der Waals surface area contributed by atoms with Crippen molar-refractivity contribution in [3.63, 3.8) is 0 Å². The summed E-state index contributed by atoms with van der Waals surface area (Å²) < 4.78 is 1.73. The van der Waals surface area contributed by atoms with E-state index >= 15 is 0 Å². The Labute approximate surface area is 150 Å². The minimum atomic E-state index is -0.836. The van der Waals surface area contributed by atoms with E-state index in [1.807, 2.05) is 43.4 Å². The molecule has 0 aliphatic carbocycles. The summed E-state index contributed by atoms with van der Waals surface area (Å²) in [5.41, 5.74) is 3.68. The first-order valence-electron chi connectivity index (χ1n) is 8.42. The Bertz CT molecular complexity index is 1080. The molecule has 132 valence electrons. The van der Waals surface area contributed by atoms with E-state index in [9.17, 15) is 5.11 Å². The Kier molecular flexibility index (Phi) is 3.81. The number of nitrogens with one attached hydrogen (secondary N) is 1. The minimum absolute atomic E-state index is 0.625. The molecule has 0 unspecified atom stereocenters. The third-order valence-electron chi connectivity index (χ3n) is 4.49. The van der Waals surface area contributed by atoms with Gasteiger partial charge in [-0.2, -0.15) is 0 Å². The number of hydrogen-bond donors (Lipinski definition) is 2. The smallest absolute Gasteiger partial charge is 0.137 e. The number of nitrogens with zero attached hydrogens (tertiary/aromatic N) is 5. The van der Waals surface area contributed by atoms with E-state index in [1.165, 1.54) is 0 Å². The van der Waals surface area contributed by atoms with Crippen LogP contribution in [0.5, 0.6) is 0 Å². The molecule has 0 atom stereocenters. The van der Waals surface area contributed by atoms with Crippen LogP contribution in [0.2, 0.25) is 0 Å². The van der Waals surface area contributed by atoms with Gasteiger partial charge in [-0.3, -0.25) is 0 Å². The Morgan fingerprint density at radius 2 is 1.85 bits per heavy atom. The fraction of sp³-hybridized carbons (Fsp3) is 0.263. The maximum atomic E-state index is 10.1. The van der Waals surface area contributed by atoms with Crippen LogP contribution in [0.3, 0.4) is 0 Å². The highest BCUT2D eigenvalue weighted by Crippen LogP contribution is 2.26. The molecule has 0 aliphatic heterocycles. The van der Waals surface area contributed by atoms with Crippen LogP contribution in [0.4, 0.5) is 5.82 Å². The zero-order chi connectivity index (χ0) is 18.3. The molecule has 4 aromatic rings. The van der Waals surface area contributed by atoms with E-state index in [0.29, 0.717) is 6.54 Å². The fourth-order valence-corrected chi connectivity index (χ4v) is 3.02. The Morgan fingerprint density at radius 3 is 2.58 bits per heavy atom. The lowest BCUT2D eigenvalue weighted by molar-refractivity contribution is 0.0786. The number of benzene rings is 2. The lowest BCUT2D eigenvalue weighted by atomic mass is 9.97. The average Bonchev–Trinajstić information content (AvgIpc) is 3.01. The molecule has 0 saturated heterocycles. The third kappa shape index (κ3) is 2.86. The maximum absolute atomic E-state index is 10.1. The van der Waals surface area contributed by atoms with Crippen LogP contribution in [0.1, 0.15) is 25.0 Å². The quantitative estimate of drug-likeness (QED) is 0.589. The molecule has 7 nitrogen and oxygen atoms in total. The van der Waals surface area contributed by atoms with Gasteiger partial charge in [0.2, 0.25) is 0 Å². The first-order valence-corrected chi connectivity index (χ1v) is 8.42. The highest BCUT2D eigenvalue weighted by atomic mass is 16.3. The predicted molar refractivity (Wildman–Crippen MR) is 101 cm³/mol. The van der Waals surface area contributed by atoms with Crippen molar-refractivity contribution in [3.05, 3.63) is 53.9 Å². The predicted octanol–water partition coefficient (Wildman–Crippen LogP) is 2.75. The highest BCUT2D eigenvalue weighted by Gasteiger charge is 2.15. The normalized spacial score (nSPS) is 12.0. The van der Waals surface area contributed by atoms with Crippen molar-refractivity contribution in [3.8, 4) is 0 Å². The maximum Gasteiger partial charge on any atom is 0.137 e. The zero-order valence-corrected chi connectivity index (χ0v) is 14.9. The van der Waals surface area contributed by atoms with Crippen molar-refractivity contribution in [2.24, 2.45) is 7.05 Å². The second kappa shape index (κ2) is 6.03. The van der Waals surface area contributed by atoms with Gasteiger partial charge in [0.05, 0.1) is 5.60 Å². The highest BCUT2D eigenvalue weighted by molar-refractivity contribution is 6.05. The molecule has 0 amide bonds. The van der Waals surface area contributed by atoms with E-state index in [-0.39, 0.29) is 0 Å². The van der Waals surface area contributed by atoms with Crippen LogP contribution >= 0.6 is 0 Å². The summed E-state index contributed by atoms with van der Waals surface area (Å²) >= 11 is 0. The Morgan fingerprint density at radius 1 is 1.08 bits per heavy atom. The molecule has 2 heterocycles. The van der Waals surface area contributed by atoms with Gasteiger partial charge in [0, 0.05) is 19.0 Å². The first-order chi connectivity index (χ1) is 12.4. The van der Waals surface area contributed by atoms with Crippen LogP contribution in [-0.2, 0) is 19.2 Å². The Hall–Kier alpha value is -3.06. The van der Waals surface area contributed by atoms with Crippen molar-refractivity contribution in [2.45, 2.75) is 26.0 Å². The lowest BCUT2D eigenvalue weighted by Gasteiger charge is -2.18. The van der Waals surface area contributed by atoms with Gasteiger partial charge in [-0.15, -0.1) is 5.10 Å². The summed E-state index contributed by atoms with van der Waals surface area (Å²) in [6.45, 7) is 4.18. The van der Waals surface area contributed by atoms with Crippen LogP contribution < -0.4 is 5.32 Å². The van der Waals surface area contributed by atoms with Gasteiger partial charge in [-0.05, 0) is 37.1 Å². The Balaban J connectivity index is 1.63. The molecule has 7 heteroatoms. The molecule has 0 fully saturated rings. The number of hydrogen-bond acceptors (Lipinski definition) is 6. The summed E-state index contributed by atoms with van der Waals surface area (Å²) in [5, 5.41) is 22.6. The van der Waals surface area contributed by atoms with Crippen LogP contribution in [0.25, 0.3) is 21.9 Å². The van der Waals surface area contributed by atoms with Gasteiger partial charge < -0.3 is 10.4 Å². The SMILES string of the molecule is Cn1nnc2ccc3c(NCc4ccc(C(C)(C)O)cc4)ncnc3c21. The molecule has 0 saturated carbocycles. The summed E-state index contributed by atoms with van der Waals surface area (Å²) in [4.78, 5) is 8.80. The topological polar surface area (TPSA) is 88.8 Å². The monoisotopic (exact) mass is 348 g/mol. The summed E-state index contributed by atoms with van der Waals surface area (Å²) in [7, 11) is 1.86. The average molecular weight is 348 g/mol. The van der Waals surface area contributed by atoms with Crippen molar-refractivity contribution >= 4 is 27.8 Å². The lowest BCUT2D eigenvalue weighted by Crippen LogP contribution is -2.15. The molecule has 2 aromatic heterocycles. The molecular formula is C19H20N6O. The number of rotatable bonds is 4. The molecule has 0 spiro atoms. The first kappa shape index (κ1) is 16.4. The number of anilines is 1. The molecule has 2 aromatic carbocycles. The van der Waals surface area contributed by atoms with Crippen molar-refractivity contribution in [2.75, 3.05) is 5.32 Å². The second-order valence-electron chi connectivity index (χ2n) is 6.87. The standard InChI is InChI=1S/C19H20N6O/c1-19(2,26)13-6-4-12(5-7-13)10-20-18-14-8-9-15-17(25(3)24-23-15)16(14)21-11-22-18/h4-9,11,26H,10H2,1-3H3,(H,20,21,22). The molecule has 4 rings (SSSR count). The van der Waals surface area contributed by atoms with Gasteiger partial charge >= 0.3 is 0 Å². The van der Waals surface area contributed by atoms with Crippen LogP contribution in [-0.4, -0.2) is 30.1 Å². The van der Waals surface area contributed by atoms with Gasteiger partial charge in [0.25, 0.3) is 0 Å². The minimum Gasteiger partial charge on any atom is -0.386 e. The number of aryl methyl sites for hydroxylation is 1. The van der Waals surface area contributed by atoms with E-state index in [2.05, 4.69) is 25.6 Å². The molecule has 0 bridgehead atoms. The van der Waals surface area contributed by atoms with Gasteiger partial charge in [0.15, 0.2) is 0 Å². The van der Waals surface area contributed by atoms with Gasteiger partial charge in [-0.1, -0.05) is 29.5 Å². The zero-order valence-electron chi connectivity index (χ0n) is 14.9. The van der Waals surface area contributed by atoms with Gasteiger partial charge in [0.1, 0.15) is 28.7 Å². The third-order valence-corrected chi connectivity index (χ3v) is 4.49. The number of aliphatic hydroxyl groups is 1. The fourth-order valence-electron chi connectivity index (χ4n) is 3.02. The van der Waals surface area contributed by atoms with Crippen LogP contribution in [0.15, 0.2) is 42.7 Å². The summed E-state index contributed by atoms with van der Waals surface area (Å²) in [5.74, 6) is 0.768. The molecule has 0 radical (unpaired) electrons. The summed E-state index contributed by atoms with van der Waals surface area (Å²) in [6, 6.07) is 11.8.